The van der Waals surface area contributed by atoms with Gasteiger partial charge < -0.3 is 18.9 Å². The molecule has 6 nitrogen and oxygen atoms in total. The number of hydrogen-bond donors (Lipinski definition) is 0. The van der Waals surface area contributed by atoms with Crippen LogP contribution in [0.25, 0.3) is 0 Å². The Morgan fingerprint density at radius 1 is 1.09 bits per heavy atom. The van der Waals surface area contributed by atoms with Crippen molar-refractivity contribution in [3.63, 3.8) is 0 Å². The highest BCUT2D eigenvalue weighted by atomic mass is 16.5. The van der Waals surface area contributed by atoms with E-state index < -0.39 is 0 Å². The first-order chi connectivity index (χ1) is 10.7. The maximum Gasteiger partial charge on any atom is 0.203 e. The summed E-state index contributed by atoms with van der Waals surface area (Å²) in [5.41, 5.74) is 0.572. The van der Waals surface area contributed by atoms with Gasteiger partial charge >= 0.3 is 0 Å². The highest BCUT2D eigenvalue weighted by Gasteiger charge is 2.18. The Morgan fingerprint density at radius 2 is 1.68 bits per heavy atom. The van der Waals surface area contributed by atoms with Gasteiger partial charge in [-0.05, 0) is 12.1 Å². The molecule has 1 heterocycles. The monoisotopic (exact) mass is 309 g/mol. The van der Waals surface area contributed by atoms with Crippen molar-refractivity contribution in [2.24, 2.45) is 0 Å². The minimum Gasteiger partial charge on any atom is -0.493 e. The molecular weight excluding hydrogens is 286 g/mol. The zero-order valence-corrected chi connectivity index (χ0v) is 13.4. The van der Waals surface area contributed by atoms with Gasteiger partial charge in [-0.1, -0.05) is 0 Å². The van der Waals surface area contributed by atoms with Crippen molar-refractivity contribution in [3.05, 3.63) is 17.7 Å². The second kappa shape index (κ2) is 8.00. The Balaban J connectivity index is 2.08. The first kappa shape index (κ1) is 16.6. The molecule has 1 aromatic rings. The predicted molar refractivity (Wildman–Crippen MR) is 82.3 cm³/mol. The zero-order valence-electron chi connectivity index (χ0n) is 13.4. The lowest BCUT2D eigenvalue weighted by Crippen LogP contribution is -2.37. The molecule has 0 N–H and O–H groups in total. The van der Waals surface area contributed by atoms with Crippen molar-refractivity contribution >= 4 is 5.78 Å². The summed E-state index contributed by atoms with van der Waals surface area (Å²) in [4.78, 5) is 14.6. The summed E-state index contributed by atoms with van der Waals surface area (Å²) in [5.74, 6) is 1.55. The van der Waals surface area contributed by atoms with Crippen molar-refractivity contribution in [2.45, 2.75) is 6.42 Å². The molecule has 122 valence electrons. The van der Waals surface area contributed by atoms with Crippen LogP contribution in [0.2, 0.25) is 0 Å². The number of ketones is 1. The van der Waals surface area contributed by atoms with E-state index in [9.17, 15) is 4.79 Å². The van der Waals surface area contributed by atoms with Gasteiger partial charge in [-0.15, -0.1) is 0 Å². The Kier molecular flexibility index (Phi) is 6.03. The van der Waals surface area contributed by atoms with Crippen molar-refractivity contribution in [1.82, 2.24) is 4.90 Å². The van der Waals surface area contributed by atoms with Gasteiger partial charge in [0.2, 0.25) is 5.75 Å². The number of nitrogens with zero attached hydrogens (tertiary/aromatic N) is 1. The third-order valence-corrected chi connectivity index (χ3v) is 3.75. The summed E-state index contributed by atoms with van der Waals surface area (Å²) in [6, 6.07) is 3.39. The molecule has 0 aliphatic carbocycles. The molecule has 0 radical (unpaired) electrons. The summed E-state index contributed by atoms with van der Waals surface area (Å²) in [7, 11) is 4.62. The van der Waals surface area contributed by atoms with Gasteiger partial charge in [0.1, 0.15) is 0 Å². The molecule has 1 aliphatic rings. The SMILES string of the molecule is COc1cc(C(=O)CCN2CCOCC2)cc(OC)c1OC. The first-order valence-corrected chi connectivity index (χ1v) is 7.33. The molecule has 22 heavy (non-hydrogen) atoms. The molecule has 0 amide bonds. The maximum atomic E-state index is 12.4. The number of carbonyl (C=O) groups is 1. The van der Waals surface area contributed by atoms with Crippen LogP contribution in [0, 0.1) is 0 Å². The summed E-state index contributed by atoms with van der Waals surface area (Å²) in [5, 5.41) is 0. The average molecular weight is 309 g/mol. The van der Waals surface area contributed by atoms with Crippen molar-refractivity contribution in [3.8, 4) is 17.2 Å². The number of hydrogen-bond acceptors (Lipinski definition) is 6. The lowest BCUT2D eigenvalue weighted by Gasteiger charge is -2.26. The molecule has 1 saturated heterocycles. The molecule has 1 aromatic carbocycles. The van der Waals surface area contributed by atoms with E-state index in [0.29, 0.717) is 29.2 Å². The maximum absolute atomic E-state index is 12.4. The standard InChI is InChI=1S/C16H23NO5/c1-19-14-10-12(11-15(20-2)16(14)21-3)13(18)4-5-17-6-8-22-9-7-17/h10-11H,4-9H2,1-3H3. The van der Waals surface area contributed by atoms with Crippen LogP contribution in [0.4, 0.5) is 0 Å². The van der Waals surface area contributed by atoms with E-state index in [0.717, 1.165) is 32.8 Å². The highest BCUT2D eigenvalue weighted by Crippen LogP contribution is 2.38. The van der Waals surface area contributed by atoms with E-state index in [1.807, 2.05) is 0 Å². The van der Waals surface area contributed by atoms with E-state index in [2.05, 4.69) is 4.90 Å². The van der Waals surface area contributed by atoms with Crippen LogP contribution >= 0.6 is 0 Å². The number of methoxy groups -OCH3 is 3. The molecule has 1 fully saturated rings. The molecule has 2 rings (SSSR count). The van der Waals surface area contributed by atoms with E-state index in [-0.39, 0.29) is 5.78 Å². The van der Waals surface area contributed by atoms with E-state index in [1.54, 1.807) is 33.5 Å². The van der Waals surface area contributed by atoms with Gasteiger partial charge in [-0.2, -0.15) is 0 Å². The number of carbonyl (C=O) groups excluding carboxylic acids is 1. The second-order valence-electron chi connectivity index (χ2n) is 5.04. The van der Waals surface area contributed by atoms with Gasteiger partial charge in [0.05, 0.1) is 34.5 Å². The number of morpholine rings is 1. The van der Waals surface area contributed by atoms with Crippen LogP contribution in [0.5, 0.6) is 17.2 Å². The number of Topliss-reactive ketones (excluding diaryl/α,β-unsaturated/α-hetero) is 1. The molecular formula is C16H23NO5. The quantitative estimate of drug-likeness (QED) is 0.713. The lowest BCUT2D eigenvalue weighted by molar-refractivity contribution is 0.0370. The lowest BCUT2D eigenvalue weighted by atomic mass is 10.1. The fourth-order valence-electron chi connectivity index (χ4n) is 2.47. The van der Waals surface area contributed by atoms with Gasteiger partial charge in [0.15, 0.2) is 17.3 Å². The molecule has 0 bridgehead atoms. The predicted octanol–water partition coefficient (Wildman–Crippen LogP) is 1.62. The molecule has 0 aromatic heterocycles. The number of ether oxygens (including phenoxy) is 4. The number of benzene rings is 1. The zero-order chi connectivity index (χ0) is 15.9. The first-order valence-electron chi connectivity index (χ1n) is 7.33. The fourth-order valence-corrected chi connectivity index (χ4v) is 2.47. The Hall–Kier alpha value is -1.79. The van der Waals surface area contributed by atoms with Crippen LogP contribution in [0.15, 0.2) is 12.1 Å². The topological polar surface area (TPSA) is 57.2 Å². The van der Waals surface area contributed by atoms with E-state index in [1.165, 1.54) is 0 Å². The van der Waals surface area contributed by atoms with E-state index in [4.69, 9.17) is 18.9 Å². The van der Waals surface area contributed by atoms with E-state index >= 15 is 0 Å². The number of rotatable bonds is 7. The summed E-state index contributed by atoms with van der Waals surface area (Å²) >= 11 is 0. The van der Waals surface area contributed by atoms with Gasteiger partial charge in [-0.25, -0.2) is 0 Å². The summed E-state index contributed by atoms with van der Waals surface area (Å²) < 4.78 is 21.1. The van der Waals surface area contributed by atoms with Crippen LogP contribution in [-0.2, 0) is 4.74 Å². The van der Waals surface area contributed by atoms with Crippen molar-refractivity contribution in [1.29, 1.82) is 0 Å². The molecule has 6 heteroatoms. The third kappa shape index (κ3) is 3.90. The smallest absolute Gasteiger partial charge is 0.203 e. The van der Waals surface area contributed by atoms with Gasteiger partial charge in [0.25, 0.3) is 0 Å². The summed E-state index contributed by atoms with van der Waals surface area (Å²) in [6.45, 7) is 3.96. The second-order valence-corrected chi connectivity index (χ2v) is 5.04. The Bertz CT molecular complexity index is 486. The third-order valence-electron chi connectivity index (χ3n) is 3.75. The fraction of sp³-hybridized carbons (Fsp3) is 0.562. The minimum atomic E-state index is 0.0609. The normalized spacial score (nSPS) is 15.4. The molecule has 0 saturated carbocycles. The van der Waals surface area contributed by atoms with Crippen molar-refractivity contribution < 1.29 is 23.7 Å². The average Bonchev–Trinajstić information content (AvgIpc) is 2.59. The van der Waals surface area contributed by atoms with Gasteiger partial charge in [0, 0.05) is 31.6 Å². The Labute approximate surface area is 130 Å². The van der Waals surface area contributed by atoms with Crippen LogP contribution < -0.4 is 14.2 Å². The van der Waals surface area contributed by atoms with Crippen LogP contribution in [0.3, 0.4) is 0 Å². The van der Waals surface area contributed by atoms with Crippen molar-refractivity contribution in [2.75, 3.05) is 54.2 Å². The molecule has 0 spiro atoms. The highest BCUT2D eigenvalue weighted by molar-refractivity contribution is 5.97. The minimum absolute atomic E-state index is 0.0609. The molecule has 1 aliphatic heterocycles. The molecule has 0 unspecified atom stereocenters. The molecule has 0 atom stereocenters. The van der Waals surface area contributed by atoms with Gasteiger partial charge in [-0.3, -0.25) is 9.69 Å². The Morgan fingerprint density at radius 3 is 2.18 bits per heavy atom. The summed E-state index contributed by atoms with van der Waals surface area (Å²) in [6.07, 6.45) is 0.457. The van der Waals surface area contributed by atoms with Crippen LogP contribution in [0.1, 0.15) is 16.8 Å². The largest absolute Gasteiger partial charge is 0.493 e. The van der Waals surface area contributed by atoms with Crippen LogP contribution in [-0.4, -0.2) is 64.9 Å².